The van der Waals surface area contributed by atoms with E-state index in [0.717, 1.165) is 18.1 Å². The SMILES string of the molecule is C#CCN(C)c1cc(CNC(C)C)cc(C(C)(C)C)n1. The summed E-state index contributed by atoms with van der Waals surface area (Å²) in [6.07, 6.45) is 5.40. The predicted octanol–water partition coefficient (Wildman–Crippen LogP) is 2.95. The van der Waals surface area contributed by atoms with Crippen molar-refractivity contribution in [1.82, 2.24) is 10.3 Å². The van der Waals surface area contributed by atoms with Gasteiger partial charge in [-0.25, -0.2) is 4.98 Å². The van der Waals surface area contributed by atoms with Gasteiger partial charge in [0.25, 0.3) is 0 Å². The molecule has 0 unspecified atom stereocenters. The second kappa shape index (κ2) is 6.76. The Morgan fingerprint density at radius 1 is 1.35 bits per heavy atom. The van der Waals surface area contributed by atoms with Gasteiger partial charge in [0.2, 0.25) is 0 Å². The molecule has 3 nitrogen and oxygen atoms in total. The number of aromatic nitrogens is 1. The fourth-order valence-electron chi connectivity index (χ4n) is 1.79. The first-order valence-corrected chi connectivity index (χ1v) is 7.13. The van der Waals surface area contributed by atoms with E-state index in [2.05, 4.69) is 58.0 Å². The van der Waals surface area contributed by atoms with Crippen molar-refractivity contribution < 1.29 is 0 Å². The molecule has 0 fully saturated rings. The van der Waals surface area contributed by atoms with Crippen molar-refractivity contribution in [2.24, 2.45) is 0 Å². The van der Waals surface area contributed by atoms with Gasteiger partial charge < -0.3 is 10.2 Å². The molecular weight excluding hydrogens is 246 g/mol. The zero-order valence-electron chi connectivity index (χ0n) is 13.6. The van der Waals surface area contributed by atoms with Crippen molar-refractivity contribution in [3.63, 3.8) is 0 Å². The smallest absolute Gasteiger partial charge is 0.129 e. The Morgan fingerprint density at radius 2 is 2.00 bits per heavy atom. The summed E-state index contributed by atoms with van der Waals surface area (Å²) >= 11 is 0. The van der Waals surface area contributed by atoms with Crippen LogP contribution in [0, 0.1) is 12.3 Å². The molecule has 0 saturated carbocycles. The number of anilines is 1. The topological polar surface area (TPSA) is 28.2 Å². The Kier molecular flexibility index (Phi) is 5.59. The summed E-state index contributed by atoms with van der Waals surface area (Å²) in [5.41, 5.74) is 2.37. The molecule has 0 spiro atoms. The highest BCUT2D eigenvalue weighted by atomic mass is 15.2. The summed E-state index contributed by atoms with van der Waals surface area (Å²) in [5, 5.41) is 3.45. The first kappa shape index (κ1) is 16.5. The van der Waals surface area contributed by atoms with Gasteiger partial charge in [0, 0.05) is 30.7 Å². The highest BCUT2D eigenvalue weighted by molar-refractivity contribution is 5.44. The largest absolute Gasteiger partial charge is 0.349 e. The van der Waals surface area contributed by atoms with Crippen molar-refractivity contribution in [1.29, 1.82) is 0 Å². The van der Waals surface area contributed by atoms with Gasteiger partial charge in [-0.3, -0.25) is 0 Å². The van der Waals surface area contributed by atoms with Gasteiger partial charge in [0.1, 0.15) is 5.82 Å². The third-order valence-electron chi connectivity index (χ3n) is 3.07. The molecule has 20 heavy (non-hydrogen) atoms. The number of hydrogen-bond donors (Lipinski definition) is 1. The highest BCUT2D eigenvalue weighted by Crippen LogP contribution is 2.24. The lowest BCUT2D eigenvalue weighted by Gasteiger charge is -2.23. The zero-order valence-corrected chi connectivity index (χ0v) is 13.6. The van der Waals surface area contributed by atoms with Crippen LogP contribution in [0.2, 0.25) is 0 Å². The van der Waals surface area contributed by atoms with E-state index in [0.29, 0.717) is 12.6 Å². The Labute approximate surface area is 123 Å². The second-order valence-electron chi connectivity index (χ2n) is 6.56. The Balaban J connectivity index is 3.11. The first-order valence-electron chi connectivity index (χ1n) is 7.13. The Hall–Kier alpha value is -1.53. The van der Waals surface area contributed by atoms with Gasteiger partial charge in [0.05, 0.1) is 6.54 Å². The standard InChI is InChI=1S/C17H27N3/c1-8-9-20(7)16-11-14(12-18-13(2)3)10-15(19-16)17(4,5)6/h1,10-11,13,18H,9,12H2,2-7H3. The molecule has 0 saturated heterocycles. The summed E-state index contributed by atoms with van der Waals surface area (Å²) in [4.78, 5) is 6.76. The molecule has 0 atom stereocenters. The van der Waals surface area contributed by atoms with E-state index in [1.807, 2.05) is 11.9 Å². The molecule has 1 aromatic rings. The maximum Gasteiger partial charge on any atom is 0.129 e. The van der Waals surface area contributed by atoms with E-state index in [1.54, 1.807) is 0 Å². The molecule has 0 bridgehead atoms. The van der Waals surface area contributed by atoms with Crippen molar-refractivity contribution in [3.8, 4) is 12.3 Å². The van der Waals surface area contributed by atoms with Crippen LogP contribution in [0.3, 0.4) is 0 Å². The maximum absolute atomic E-state index is 5.40. The lowest BCUT2D eigenvalue weighted by atomic mass is 9.90. The molecule has 1 aromatic heterocycles. The van der Waals surface area contributed by atoms with Crippen LogP contribution in [-0.4, -0.2) is 24.6 Å². The van der Waals surface area contributed by atoms with Crippen LogP contribution in [0.1, 0.15) is 45.9 Å². The zero-order chi connectivity index (χ0) is 15.3. The van der Waals surface area contributed by atoms with E-state index in [1.165, 1.54) is 5.56 Å². The molecule has 0 aliphatic carbocycles. The molecule has 0 aliphatic heterocycles. The monoisotopic (exact) mass is 273 g/mol. The minimum absolute atomic E-state index is 0.0274. The fourth-order valence-corrected chi connectivity index (χ4v) is 1.79. The number of nitrogens with one attached hydrogen (secondary N) is 1. The minimum atomic E-state index is 0.0274. The molecule has 0 radical (unpaired) electrons. The van der Waals surface area contributed by atoms with Crippen molar-refractivity contribution >= 4 is 5.82 Å². The molecule has 110 valence electrons. The van der Waals surface area contributed by atoms with Crippen molar-refractivity contribution in [3.05, 3.63) is 23.4 Å². The minimum Gasteiger partial charge on any atom is -0.349 e. The molecule has 0 aromatic carbocycles. The number of rotatable bonds is 5. The van der Waals surface area contributed by atoms with Gasteiger partial charge in [-0.15, -0.1) is 6.42 Å². The van der Waals surface area contributed by atoms with E-state index < -0.39 is 0 Å². The van der Waals surface area contributed by atoms with Gasteiger partial charge in [0.15, 0.2) is 0 Å². The molecule has 0 amide bonds. The maximum atomic E-state index is 5.40. The van der Waals surface area contributed by atoms with Crippen molar-refractivity contribution in [2.45, 2.75) is 52.6 Å². The van der Waals surface area contributed by atoms with Crippen LogP contribution in [0.15, 0.2) is 12.1 Å². The van der Waals surface area contributed by atoms with Gasteiger partial charge in [-0.1, -0.05) is 40.5 Å². The third-order valence-corrected chi connectivity index (χ3v) is 3.07. The fraction of sp³-hybridized carbons (Fsp3) is 0.588. The first-order chi connectivity index (χ1) is 9.24. The third kappa shape index (κ3) is 4.86. The van der Waals surface area contributed by atoms with E-state index >= 15 is 0 Å². The quantitative estimate of drug-likeness (QED) is 0.836. The molecule has 1 N–H and O–H groups in total. The molecule has 1 rings (SSSR count). The second-order valence-corrected chi connectivity index (χ2v) is 6.56. The summed E-state index contributed by atoms with van der Waals surface area (Å²) in [6.45, 7) is 12.3. The average Bonchev–Trinajstić information content (AvgIpc) is 2.35. The lowest BCUT2D eigenvalue weighted by molar-refractivity contribution is 0.560. The summed E-state index contributed by atoms with van der Waals surface area (Å²) in [7, 11) is 1.98. The van der Waals surface area contributed by atoms with Crippen molar-refractivity contribution in [2.75, 3.05) is 18.5 Å². The molecule has 1 heterocycles. The number of pyridine rings is 1. The van der Waals surface area contributed by atoms with Gasteiger partial charge in [-0.05, 0) is 17.7 Å². The number of nitrogens with zero attached hydrogens (tertiary/aromatic N) is 2. The van der Waals surface area contributed by atoms with Crippen LogP contribution in [-0.2, 0) is 12.0 Å². The Morgan fingerprint density at radius 3 is 2.50 bits per heavy atom. The number of terminal acetylenes is 1. The number of hydrogen-bond acceptors (Lipinski definition) is 3. The van der Waals surface area contributed by atoms with Crippen LogP contribution >= 0.6 is 0 Å². The average molecular weight is 273 g/mol. The summed E-state index contributed by atoms with van der Waals surface area (Å²) in [5.74, 6) is 3.60. The van der Waals surface area contributed by atoms with Crippen LogP contribution in [0.25, 0.3) is 0 Å². The van der Waals surface area contributed by atoms with Crippen LogP contribution in [0.4, 0.5) is 5.82 Å². The van der Waals surface area contributed by atoms with Crippen LogP contribution in [0.5, 0.6) is 0 Å². The molecular formula is C17H27N3. The van der Waals surface area contributed by atoms with E-state index in [9.17, 15) is 0 Å². The van der Waals surface area contributed by atoms with E-state index in [4.69, 9.17) is 11.4 Å². The molecule has 3 heteroatoms. The highest BCUT2D eigenvalue weighted by Gasteiger charge is 2.18. The molecule has 0 aliphatic rings. The predicted molar refractivity (Wildman–Crippen MR) is 87.0 cm³/mol. The van der Waals surface area contributed by atoms with E-state index in [-0.39, 0.29) is 5.41 Å². The van der Waals surface area contributed by atoms with Crippen LogP contribution < -0.4 is 10.2 Å². The summed E-state index contributed by atoms with van der Waals surface area (Å²) in [6, 6.07) is 4.76. The lowest BCUT2D eigenvalue weighted by Crippen LogP contribution is -2.25. The van der Waals surface area contributed by atoms with Gasteiger partial charge in [-0.2, -0.15) is 0 Å². The normalized spacial score (nSPS) is 11.5. The van der Waals surface area contributed by atoms with Gasteiger partial charge >= 0.3 is 0 Å². The summed E-state index contributed by atoms with van der Waals surface area (Å²) < 4.78 is 0. The Bertz CT molecular complexity index is 478.